The largest absolute Gasteiger partial charge is 0.390 e. The predicted molar refractivity (Wildman–Crippen MR) is 84.5 cm³/mol. The summed E-state index contributed by atoms with van der Waals surface area (Å²) in [5, 5.41) is 10.8. The second-order valence-corrected chi connectivity index (χ2v) is 6.17. The van der Waals surface area contributed by atoms with E-state index in [9.17, 15) is 9.90 Å². The van der Waals surface area contributed by atoms with Crippen LogP contribution in [0, 0.1) is 0 Å². The first-order valence-electron chi connectivity index (χ1n) is 7.43. The van der Waals surface area contributed by atoms with Gasteiger partial charge in [-0.2, -0.15) is 0 Å². The van der Waals surface area contributed by atoms with E-state index in [0.29, 0.717) is 19.5 Å². The number of halogens is 1. The van der Waals surface area contributed by atoms with Gasteiger partial charge in [-0.25, -0.2) is 0 Å². The zero-order valence-electron chi connectivity index (χ0n) is 12.5. The van der Waals surface area contributed by atoms with Crippen molar-refractivity contribution in [3.8, 4) is 0 Å². The standard InChI is InChI=1S/C16H23ClN2O2/c1-18(10-8-13-4-6-14(17)7-5-13)11-15(20)12-19-9-2-3-16(19)21/h4-7,15,20H,2-3,8-12H2,1H3. The number of likely N-dealkylation sites (tertiary alicyclic amines) is 1. The van der Waals surface area contributed by atoms with Gasteiger partial charge in [-0.15, -0.1) is 0 Å². The minimum absolute atomic E-state index is 0.165. The molecule has 1 amide bonds. The van der Waals surface area contributed by atoms with Crippen molar-refractivity contribution >= 4 is 17.5 Å². The zero-order valence-corrected chi connectivity index (χ0v) is 13.2. The van der Waals surface area contributed by atoms with Gasteiger partial charge in [-0.3, -0.25) is 4.79 Å². The lowest BCUT2D eigenvalue weighted by molar-refractivity contribution is -0.129. The Hall–Kier alpha value is -1.10. The van der Waals surface area contributed by atoms with Gasteiger partial charge < -0.3 is 14.9 Å². The minimum Gasteiger partial charge on any atom is -0.390 e. The smallest absolute Gasteiger partial charge is 0.222 e. The molecule has 21 heavy (non-hydrogen) atoms. The van der Waals surface area contributed by atoms with Crippen LogP contribution in [0.15, 0.2) is 24.3 Å². The topological polar surface area (TPSA) is 43.8 Å². The number of β-amino-alcohol motifs (C(OH)–C–C–N with tert-alkyl or cyclic N) is 1. The summed E-state index contributed by atoms with van der Waals surface area (Å²) in [6.45, 7) is 2.68. The molecule has 0 saturated carbocycles. The maximum atomic E-state index is 11.5. The molecule has 1 aromatic carbocycles. The molecule has 0 aliphatic carbocycles. The summed E-state index contributed by atoms with van der Waals surface area (Å²) in [4.78, 5) is 15.4. The molecule has 1 unspecified atom stereocenters. The van der Waals surface area contributed by atoms with Crippen LogP contribution in [-0.4, -0.2) is 60.1 Å². The Morgan fingerprint density at radius 3 is 2.71 bits per heavy atom. The first-order chi connectivity index (χ1) is 10.0. The van der Waals surface area contributed by atoms with Crippen LogP contribution in [-0.2, 0) is 11.2 Å². The predicted octanol–water partition coefficient (Wildman–Crippen LogP) is 1.80. The zero-order chi connectivity index (χ0) is 15.2. The number of rotatable bonds is 7. The molecular formula is C16H23ClN2O2. The van der Waals surface area contributed by atoms with E-state index in [-0.39, 0.29) is 5.91 Å². The summed E-state index contributed by atoms with van der Waals surface area (Å²) in [7, 11) is 1.99. The Kier molecular flexibility index (Phi) is 6.03. The first kappa shape index (κ1) is 16.3. The van der Waals surface area contributed by atoms with Gasteiger partial charge in [0.25, 0.3) is 0 Å². The van der Waals surface area contributed by atoms with Gasteiger partial charge in [0.2, 0.25) is 5.91 Å². The van der Waals surface area contributed by atoms with Gasteiger partial charge in [-0.05, 0) is 37.6 Å². The third kappa shape index (κ3) is 5.30. The van der Waals surface area contributed by atoms with E-state index in [2.05, 4.69) is 4.90 Å². The fraction of sp³-hybridized carbons (Fsp3) is 0.562. The van der Waals surface area contributed by atoms with Crippen LogP contribution in [0.1, 0.15) is 18.4 Å². The van der Waals surface area contributed by atoms with E-state index in [1.807, 2.05) is 31.3 Å². The molecule has 1 heterocycles. The molecule has 1 fully saturated rings. The summed E-state index contributed by atoms with van der Waals surface area (Å²) in [5.41, 5.74) is 1.23. The van der Waals surface area contributed by atoms with Crippen LogP contribution in [0.3, 0.4) is 0 Å². The van der Waals surface area contributed by atoms with Crippen molar-refractivity contribution in [3.63, 3.8) is 0 Å². The van der Waals surface area contributed by atoms with Crippen molar-refractivity contribution in [2.45, 2.75) is 25.4 Å². The maximum Gasteiger partial charge on any atom is 0.222 e. The van der Waals surface area contributed by atoms with E-state index >= 15 is 0 Å². The van der Waals surface area contributed by atoms with Crippen LogP contribution >= 0.6 is 11.6 Å². The molecule has 1 N–H and O–H groups in total. The fourth-order valence-corrected chi connectivity index (χ4v) is 2.76. The molecule has 1 aliphatic rings. The van der Waals surface area contributed by atoms with Gasteiger partial charge in [0.1, 0.15) is 0 Å². The number of carbonyl (C=O) groups excluding carboxylic acids is 1. The van der Waals surface area contributed by atoms with Gasteiger partial charge in [-0.1, -0.05) is 23.7 Å². The van der Waals surface area contributed by atoms with Crippen molar-refractivity contribution in [3.05, 3.63) is 34.9 Å². The molecule has 0 radical (unpaired) electrons. The Bertz CT molecular complexity index is 464. The summed E-state index contributed by atoms with van der Waals surface area (Å²) in [6, 6.07) is 7.83. The van der Waals surface area contributed by atoms with Crippen molar-refractivity contribution in [2.24, 2.45) is 0 Å². The van der Waals surface area contributed by atoms with Crippen molar-refractivity contribution in [1.82, 2.24) is 9.80 Å². The number of nitrogens with zero attached hydrogens (tertiary/aromatic N) is 2. The number of hydrogen-bond donors (Lipinski definition) is 1. The molecular weight excluding hydrogens is 288 g/mol. The molecule has 1 saturated heterocycles. The van der Waals surface area contributed by atoms with Crippen LogP contribution < -0.4 is 0 Å². The Morgan fingerprint density at radius 2 is 2.10 bits per heavy atom. The van der Waals surface area contributed by atoms with Gasteiger partial charge >= 0.3 is 0 Å². The van der Waals surface area contributed by atoms with E-state index in [1.165, 1.54) is 5.56 Å². The number of benzene rings is 1. The molecule has 1 aliphatic heterocycles. The number of aliphatic hydroxyl groups is 1. The Morgan fingerprint density at radius 1 is 1.38 bits per heavy atom. The highest BCUT2D eigenvalue weighted by Crippen LogP contribution is 2.11. The fourth-order valence-electron chi connectivity index (χ4n) is 2.63. The quantitative estimate of drug-likeness (QED) is 0.835. The number of carbonyl (C=O) groups is 1. The van der Waals surface area contributed by atoms with E-state index in [0.717, 1.165) is 31.0 Å². The number of amides is 1. The van der Waals surface area contributed by atoms with Crippen LogP contribution in [0.25, 0.3) is 0 Å². The lowest BCUT2D eigenvalue weighted by atomic mass is 10.1. The van der Waals surface area contributed by atoms with E-state index < -0.39 is 6.10 Å². The van der Waals surface area contributed by atoms with Gasteiger partial charge in [0.05, 0.1) is 6.10 Å². The molecule has 2 rings (SSSR count). The highest BCUT2D eigenvalue weighted by atomic mass is 35.5. The van der Waals surface area contributed by atoms with Crippen molar-refractivity contribution in [2.75, 3.05) is 33.2 Å². The molecule has 5 heteroatoms. The molecule has 1 aromatic rings. The van der Waals surface area contributed by atoms with Crippen LogP contribution in [0.2, 0.25) is 5.02 Å². The molecule has 4 nitrogen and oxygen atoms in total. The van der Waals surface area contributed by atoms with Crippen LogP contribution in [0.5, 0.6) is 0 Å². The third-order valence-electron chi connectivity index (χ3n) is 3.82. The number of aliphatic hydroxyl groups excluding tert-OH is 1. The van der Waals surface area contributed by atoms with E-state index in [4.69, 9.17) is 11.6 Å². The lowest BCUT2D eigenvalue weighted by Crippen LogP contribution is -2.40. The summed E-state index contributed by atoms with van der Waals surface area (Å²) >= 11 is 5.86. The Labute approximate surface area is 131 Å². The molecule has 0 aromatic heterocycles. The van der Waals surface area contributed by atoms with E-state index in [1.54, 1.807) is 4.90 Å². The normalized spacial score (nSPS) is 16.8. The lowest BCUT2D eigenvalue weighted by Gasteiger charge is -2.24. The molecule has 1 atom stereocenters. The van der Waals surface area contributed by atoms with Crippen molar-refractivity contribution < 1.29 is 9.90 Å². The highest BCUT2D eigenvalue weighted by Gasteiger charge is 2.22. The molecule has 0 spiro atoms. The second-order valence-electron chi connectivity index (χ2n) is 5.74. The summed E-state index contributed by atoms with van der Waals surface area (Å²) in [6.07, 6.45) is 1.97. The second kappa shape index (κ2) is 7.78. The summed E-state index contributed by atoms with van der Waals surface area (Å²) in [5.74, 6) is 0.165. The first-order valence-corrected chi connectivity index (χ1v) is 7.81. The number of likely N-dealkylation sites (N-methyl/N-ethyl adjacent to an activating group) is 1. The van der Waals surface area contributed by atoms with Gasteiger partial charge in [0.15, 0.2) is 0 Å². The average Bonchev–Trinajstić information content (AvgIpc) is 2.83. The maximum absolute atomic E-state index is 11.5. The molecule has 116 valence electrons. The summed E-state index contributed by atoms with van der Waals surface area (Å²) < 4.78 is 0. The molecule has 0 bridgehead atoms. The SMILES string of the molecule is CN(CCc1ccc(Cl)cc1)CC(O)CN1CCCC1=O. The monoisotopic (exact) mass is 310 g/mol. The Balaban J connectivity index is 1.69. The van der Waals surface area contributed by atoms with Gasteiger partial charge in [0, 0.05) is 37.6 Å². The third-order valence-corrected chi connectivity index (χ3v) is 4.07. The van der Waals surface area contributed by atoms with Crippen molar-refractivity contribution in [1.29, 1.82) is 0 Å². The highest BCUT2D eigenvalue weighted by molar-refractivity contribution is 6.30. The van der Waals surface area contributed by atoms with Crippen LogP contribution in [0.4, 0.5) is 0 Å². The number of hydrogen-bond acceptors (Lipinski definition) is 3. The minimum atomic E-state index is -0.484. The average molecular weight is 311 g/mol.